The molecule has 0 radical (unpaired) electrons. The number of pyridine rings is 1. The van der Waals surface area contributed by atoms with Gasteiger partial charge in [-0.2, -0.15) is 0 Å². The number of thiazole rings is 1. The Kier molecular flexibility index (Phi) is 3.64. The molecule has 4 heteroatoms. The molecule has 0 fully saturated rings. The van der Waals surface area contributed by atoms with E-state index in [0.717, 1.165) is 10.7 Å². The standard InChI is InChI=1S/C12H15N3S/c1-9(11-5-3-4-6-13-11)15-10(2)12-14-7-8-16-12/h3-10,15H,1-2H3/t9-,10?/m1/s1. The van der Waals surface area contributed by atoms with Crippen LogP contribution in [0.15, 0.2) is 36.0 Å². The van der Waals surface area contributed by atoms with Gasteiger partial charge in [-0.3, -0.25) is 4.98 Å². The lowest BCUT2D eigenvalue weighted by Gasteiger charge is -2.17. The van der Waals surface area contributed by atoms with Crippen LogP contribution in [0.1, 0.15) is 36.6 Å². The Morgan fingerprint density at radius 3 is 2.62 bits per heavy atom. The summed E-state index contributed by atoms with van der Waals surface area (Å²) in [5.74, 6) is 0. The Bertz CT molecular complexity index is 413. The molecule has 3 nitrogen and oxygen atoms in total. The number of hydrogen-bond acceptors (Lipinski definition) is 4. The maximum Gasteiger partial charge on any atom is 0.109 e. The Labute approximate surface area is 99.6 Å². The first-order valence-electron chi connectivity index (χ1n) is 5.33. The first-order valence-corrected chi connectivity index (χ1v) is 6.21. The first kappa shape index (κ1) is 11.2. The summed E-state index contributed by atoms with van der Waals surface area (Å²) in [6.07, 6.45) is 3.66. The normalized spacial score (nSPS) is 14.6. The van der Waals surface area contributed by atoms with E-state index < -0.39 is 0 Å². The average molecular weight is 233 g/mol. The average Bonchev–Trinajstić information content (AvgIpc) is 2.83. The SMILES string of the molecule is CC(N[C@H](C)c1ccccn1)c1nccs1. The highest BCUT2D eigenvalue weighted by Crippen LogP contribution is 2.19. The lowest BCUT2D eigenvalue weighted by atomic mass is 10.2. The molecular formula is C12H15N3S. The van der Waals surface area contributed by atoms with Crippen molar-refractivity contribution >= 4 is 11.3 Å². The summed E-state index contributed by atoms with van der Waals surface area (Å²) < 4.78 is 0. The minimum absolute atomic E-state index is 0.236. The van der Waals surface area contributed by atoms with E-state index in [1.54, 1.807) is 11.3 Å². The summed E-state index contributed by atoms with van der Waals surface area (Å²) >= 11 is 1.67. The summed E-state index contributed by atoms with van der Waals surface area (Å²) in [5, 5.41) is 6.60. The molecule has 0 amide bonds. The Hall–Kier alpha value is -1.26. The lowest BCUT2D eigenvalue weighted by molar-refractivity contribution is 0.485. The van der Waals surface area contributed by atoms with E-state index in [2.05, 4.69) is 29.1 Å². The van der Waals surface area contributed by atoms with Crippen molar-refractivity contribution in [1.82, 2.24) is 15.3 Å². The van der Waals surface area contributed by atoms with Crippen molar-refractivity contribution in [2.45, 2.75) is 25.9 Å². The summed E-state index contributed by atoms with van der Waals surface area (Å²) in [6, 6.07) is 6.47. The summed E-state index contributed by atoms with van der Waals surface area (Å²) in [7, 11) is 0. The van der Waals surface area contributed by atoms with Crippen LogP contribution in [0.4, 0.5) is 0 Å². The van der Waals surface area contributed by atoms with Crippen LogP contribution in [0.2, 0.25) is 0 Å². The number of aromatic nitrogens is 2. The summed E-state index contributed by atoms with van der Waals surface area (Å²) in [4.78, 5) is 8.63. The third-order valence-electron chi connectivity index (χ3n) is 2.45. The third-order valence-corrected chi connectivity index (χ3v) is 3.41. The van der Waals surface area contributed by atoms with Crippen molar-refractivity contribution in [2.75, 3.05) is 0 Å². The molecule has 0 aromatic carbocycles. The van der Waals surface area contributed by atoms with Gasteiger partial charge in [0.2, 0.25) is 0 Å². The van der Waals surface area contributed by atoms with Gasteiger partial charge in [0.1, 0.15) is 5.01 Å². The number of rotatable bonds is 4. The fourth-order valence-electron chi connectivity index (χ4n) is 1.61. The highest BCUT2D eigenvalue weighted by molar-refractivity contribution is 7.09. The number of hydrogen-bond donors (Lipinski definition) is 1. The molecule has 0 saturated heterocycles. The van der Waals surface area contributed by atoms with Gasteiger partial charge in [0, 0.05) is 23.8 Å². The molecule has 2 aromatic rings. The second kappa shape index (κ2) is 5.18. The van der Waals surface area contributed by atoms with Crippen molar-refractivity contribution in [1.29, 1.82) is 0 Å². The fraction of sp³-hybridized carbons (Fsp3) is 0.333. The first-order chi connectivity index (χ1) is 7.77. The van der Waals surface area contributed by atoms with Gasteiger partial charge in [-0.1, -0.05) is 6.07 Å². The van der Waals surface area contributed by atoms with Gasteiger partial charge in [0.15, 0.2) is 0 Å². The third kappa shape index (κ3) is 2.65. The number of nitrogens with zero attached hydrogens (tertiary/aromatic N) is 2. The van der Waals surface area contributed by atoms with E-state index in [9.17, 15) is 0 Å². The molecule has 84 valence electrons. The molecule has 0 aliphatic rings. The predicted octanol–water partition coefficient (Wildman–Crippen LogP) is 2.95. The van der Waals surface area contributed by atoms with Gasteiger partial charge in [0.25, 0.3) is 0 Å². The summed E-state index contributed by atoms with van der Waals surface area (Å²) in [5.41, 5.74) is 1.06. The van der Waals surface area contributed by atoms with Gasteiger partial charge in [-0.15, -0.1) is 11.3 Å². The molecule has 1 N–H and O–H groups in total. The van der Waals surface area contributed by atoms with Crippen LogP contribution >= 0.6 is 11.3 Å². The minimum Gasteiger partial charge on any atom is -0.300 e. The number of nitrogens with one attached hydrogen (secondary N) is 1. The molecule has 0 bridgehead atoms. The lowest BCUT2D eigenvalue weighted by Crippen LogP contribution is -2.23. The Balaban J connectivity index is 2.00. The van der Waals surface area contributed by atoms with Gasteiger partial charge >= 0.3 is 0 Å². The predicted molar refractivity (Wildman–Crippen MR) is 66.3 cm³/mol. The van der Waals surface area contributed by atoms with Gasteiger partial charge in [-0.05, 0) is 26.0 Å². The van der Waals surface area contributed by atoms with E-state index in [0.29, 0.717) is 0 Å². The molecule has 0 saturated carbocycles. The zero-order valence-electron chi connectivity index (χ0n) is 9.42. The molecule has 2 aromatic heterocycles. The molecule has 2 rings (SSSR count). The second-order valence-corrected chi connectivity index (χ2v) is 4.66. The van der Waals surface area contributed by atoms with E-state index in [1.807, 2.05) is 36.0 Å². The van der Waals surface area contributed by atoms with Crippen LogP contribution in [-0.4, -0.2) is 9.97 Å². The zero-order chi connectivity index (χ0) is 11.4. The molecular weight excluding hydrogens is 218 g/mol. The maximum atomic E-state index is 4.33. The van der Waals surface area contributed by atoms with Crippen LogP contribution in [-0.2, 0) is 0 Å². The molecule has 2 atom stereocenters. The fourth-order valence-corrected chi connectivity index (χ4v) is 2.27. The van der Waals surface area contributed by atoms with Crippen LogP contribution in [0.3, 0.4) is 0 Å². The molecule has 0 spiro atoms. The van der Waals surface area contributed by atoms with E-state index in [4.69, 9.17) is 0 Å². The topological polar surface area (TPSA) is 37.8 Å². The highest BCUT2D eigenvalue weighted by atomic mass is 32.1. The van der Waals surface area contributed by atoms with Crippen LogP contribution in [0, 0.1) is 0 Å². The maximum absolute atomic E-state index is 4.33. The van der Waals surface area contributed by atoms with E-state index in [-0.39, 0.29) is 12.1 Å². The largest absolute Gasteiger partial charge is 0.300 e. The second-order valence-electron chi connectivity index (χ2n) is 3.73. The van der Waals surface area contributed by atoms with Crippen molar-refractivity contribution in [2.24, 2.45) is 0 Å². The summed E-state index contributed by atoms with van der Waals surface area (Å²) in [6.45, 7) is 4.24. The van der Waals surface area contributed by atoms with Crippen molar-refractivity contribution in [3.63, 3.8) is 0 Å². The van der Waals surface area contributed by atoms with Gasteiger partial charge in [-0.25, -0.2) is 4.98 Å². The monoisotopic (exact) mass is 233 g/mol. The Morgan fingerprint density at radius 1 is 1.12 bits per heavy atom. The van der Waals surface area contributed by atoms with Crippen molar-refractivity contribution in [3.8, 4) is 0 Å². The van der Waals surface area contributed by atoms with Crippen LogP contribution < -0.4 is 5.32 Å². The van der Waals surface area contributed by atoms with Crippen molar-refractivity contribution < 1.29 is 0 Å². The Morgan fingerprint density at radius 2 is 2.00 bits per heavy atom. The van der Waals surface area contributed by atoms with E-state index >= 15 is 0 Å². The van der Waals surface area contributed by atoms with E-state index in [1.165, 1.54) is 0 Å². The van der Waals surface area contributed by atoms with Gasteiger partial charge in [0.05, 0.1) is 11.7 Å². The molecule has 16 heavy (non-hydrogen) atoms. The van der Waals surface area contributed by atoms with Gasteiger partial charge < -0.3 is 5.32 Å². The van der Waals surface area contributed by atoms with Crippen molar-refractivity contribution in [3.05, 3.63) is 46.7 Å². The van der Waals surface area contributed by atoms with Crippen LogP contribution in [0.5, 0.6) is 0 Å². The smallest absolute Gasteiger partial charge is 0.109 e. The minimum atomic E-state index is 0.236. The highest BCUT2D eigenvalue weighted by Gasteiger charge is 2.13. The zero-order valence-corrected chi connectivity index (χ0v) is 10.2. The molecule has 0 aliphatic heterocycles. The van der Waals surface area contributed by atoms with Crippen LogP contribution in [0.25, 0.3) is 0 Å². The quantitative estimate of drug-likeness (QED) is 0.882. The molecule has 0 aliphatic carbocycles. The molecule has 2 heterocycles. The molecule has 1 unspecified atom stereocenters.